The number of hydrogen-bond acceptors (Lipinski definition) is 3. The van der Waals surface area contributed by atoms with Crippen molar-refractivity contribution in [2.45, 2.75) is 39.3 Å². The van der Waals surface area contributed by atoms with Crippen LogP contribution in [0.25, 0.3) is 0 Å². The first-order valence-corrected chi connectivity index (χ1v) is 7.47. The van der Waals surface area contributed by atoms with Gasteiger partial charge in [0.25, 0.3) is 0 Å². The summed E-state index contributed by atoms with van der Waals surface area (Å²) >= 11 is 2.08. The maximum absolute atomic E-state index is 3.67. The van der Waals surface area contributed by atoms with Crippen molar-refractivity contribution in [3.05, 3.63) is 11.6 Å². The Morgan fingerprint density at radius 1 is 1.56 bits per heavy atom. The Morgan fingerprint density at radius 3 is 2.88 bits per heavy atom. The van der Waals surface area contributed by atoms with E-state index in [4.69, 9.17) is 0 Å². The van der Waals surface area contributed by atoms with E-state index in [1.54, 1.807) is 0 Å². The molecular weight excluding hydrogens is 216 g/mol. The molecule has 0 radical (unpaired) electrons. The molecule has 0 bridgehead atoms. The predicted octanol–water partition coefficient (Wildman–Crippen LogP) is 2.37. The summed E-state index contributed by atoms with van der Waals surface area (Å²) < 4.78 is 0. The highest BCUT2D eigenvalue weighted by molar-refractivity contribution is 7.99. The fraction of sp³-hybridized carbons (Fsp3) is 0.846. The van der Waals surface area contributed by atoms with Gasteiger partial charge in [0.05, 0.1) is 0 Å². The Bertz CT molecular complexity index is 224. The standard InChI is InChI=1S/C13H26N2S/c1-5-6-14-12(9-11(2)3)13-10-16-8-7-15(13)4/h9,12-14H,5-8,10H2,1-4H3. The average molecular weight is 242 g/mol. The van der Waals surface area contributed by atoms with Gasteiger partial charge >= 0.3 is 0 Å². The first kappa shape index (κ1) is 14.1. The fourth-order valence-electron chi connectivity index (χ4n) is 2.06. The van der Waals surface area contributed by atoms with Crippen molar-refractivity contribution < 1.29 is 0 Å². The maximum atomic E-state index is 3.67. The number of thioether (sulfide) groups is 1. The van der Waals surface area contributed by atoms with Crippen LogP contribution in [0.3, 0.4) is 0 Å². The molecule has 0 spiro atoms. The molecule has 0 aromatic heterocycles. The van der Waals surface area contributed by atoms with Gasteiger partial charge in [-0.25, -0.2) is 0 Å². The van der Waals surface area contributed by atoms with E-state index >= 15 is 0 Å². The summed E-state index contributed by atoms with van der Waals surface area (Å²) in [5.41, 5.74) is 1.41. The van der Waals surface area contributed by atoms with Gasteiger partial charge in [-0.05, 0) is 33.9 Å². The highest BCUT2D eigenvalue weighted by Gasteiger charge is 2.25. The Labute approximate surface area is 105 Å². The van der Waals surface area contributed by atoms with Crippen molar-refractivity contribution in [1.82, 2.24) is 10.2 Å². The van der Waals surface area contributed by atoms with Crippen LogP contribution < -0.4 is 5.32 Å². The molecule has 3 heteroatoms. The van der Waals surface area contributed by atoms with Crippen molar-refractivity contribution in [2.24, 2.45) is 0 Å². The smallest absolute Gasteiger partial charge is 0.0418 e. The number of likely N-dealkylation sites (N-methyl/N-ethyl adjacent to an activating group) is 1. The molecule has 16 heavy (non-hydrogen) atoms. The van der Waals surface area contributed by atoms with E-state index in [9.17, 15) is 0 Å². The van der Waals surface area contributed by atoms with Gasteiger partial charge in [0, 0.05) is 30.1 Å². The largest absolute Gasteiger partial charge is 0.309 e. The lowest BCUT2D eigenvalue weighted by Gasteiger charge is -2.37. The second-order valence-electron chi connectivity index (χ2n) is 4.85. The third kappa shape index (κ3) is 4.48. The molecule has 1 rings (SSSR count). The third-order valence-electron chi connectivity index (χ3n) is 3.00. The Morgan fingerprint density at radius 2 is 2.31 bits per heavy atom. The molecule has 1 heterocycles. The lowest BCUT2D eigenvalue weighted by molar-refractivity contribution is 0.235. The summed E-state index contributed by atoms with van der Waals surface area (Å²) in [5, 5.41) is 3.67. The predicted molar refractivity (Wildman–Crippen MR) is 75.3 cm³/mol. The summed E-state index contributed by atoms with van der Waals surface area (Å²) in [5.74, 6) is 2.53. The van der Waals surface area contributed by atoms with Gasteiger partial charge in [-0.15, -0.1) is 0 Å². The molecule has 1 N–H and O–H groups in total. The molecule has 94 valence electrons. The summed E-state index contributed by atoms with van der Waals surface area (Å²) in [4.78, 5) is 2.50. The molecule has 2 atom stereocenters. The lowest BCUT2D eigenvalue weighted by atomic mass is 10.1. The molecule has 0 saturated carbocycles. The normalized spacial score (nSPS) is 24.1. The zero-order valence-electron chi connectivity index (χ0n) is 11.1. The molecule has 1 fully saturated rings. The van der Waals surface area contributed by atoms with Gasteiger partial charge in [-0.3, -0.25) is 4.90 Å². The third-order valence-corrected chi connectivity index (χ3v) is 4.05. The Kier molecular flexibility index (Phi) is 6.47. The van der Waals surface area contributed by atoms with E-state index < -0.39 is 0 Å². The zero-order chi connectivity index (χ0) is 12.0. The molecular formula is C13H26N2S. The van der Waals surface area contributed by atoms with Crippen LogP contribution in [0.2, 0.25) is 0 Å². The minimum atomic E-state index is 0.516. The summed E-state index contributed by atoms with van der Waals surface area (Å²) in [6, 6.07) is 1.17. The molecule has 2 unspecified atom stereocenters. The first-order valence-electron chi connectivity index (χ1n) is 6.31. The van der Waals surface area contributed by atoms with Gasteiger partial charge in [-0.2, -0.15) is 11.8 Å². The number of nitrogens with one attached hydrogen (secondary N) is 1. The highest BCUT2D eigenvalue weighted by Crippen LogP contribution is 2.18. The molecule has 0 aromatic rings. The molecule has 0 amide bonds. The second kappa shape index (κ2) is 7.36. The van der Waals surface area contributed by atoms with Crippen LogP contribution in [0.4, 0.5) is 0 Å². The molecule has 0 aromatic carbocycles. The SMILES string of the molecule is CCCNC(C=C(C)C)C1CSCCN1C. The molecule has 1 aliphatic rings. The zero-order valence-corrected chi connectivity index (χ0v) is 11.9. The van der Waals surface area contributed by atoms with Crippen LogP contribution in [-0.4, -0.2) is 48.6 Å². The second-order valence-corrected chi connectivity index (χ2v) is 6.00. The van der Waals surface area contributed by atoms with E-state index in [0.29, 0.717) is 12.1 Å². The van der Waals surface area contributed by atoms with Crippen molar-refractivity contribution in [3.63, 3.8) is 0 Å². The van der Waals surface area contributed by atoms with E-state index in [0.717, 1.165) is 6.54 Å². The maximum Gasteiger partial charge on any atom is 0.0418 e. The van der Waals surface area contributed by atoms with E-state index in [1.165, 1.54) is 30.0 Å². The van der Waals surface area contributed by atoms with Crippen LogP contribution in [-0.2, 0) is 0 Å². The van der Waals surface area contributed by atoms with Gasteiger partial charge in [0.2, 0.25) is 0 Å². The van der Waals surface area contributed by atoms with Crippen LogP contribution in [0.1, 0.15) is 27.2 Å². The van der Waals surface area contributed by atoms with Crippen LogP contribution in [0.15, 0.2) is 11.6 Å². The number of rotatable bonds is 5. The number of hydrogen-bond donors (Lipinski definition) is 1. The van der Waals surface area contributed by atoms with Crippen LogP contribution >= 0.6 is 11.8 Å². The Balaban J connectivity index is 2.62. The van der Waals surface area contributed by atoms with Crippen molar-refractivity contribution in [2.75, 3.05) is 31.6 Å². The first-order chi connectivity index (χ1) is 7.65. The van der Waals surface area contributed by atoms with Crippen LogP contribution in [0, 0.1) is 0 Å². The number of allylic oxidation sites excluding steroid dienone is 1. The van der Waals surface area contributed by atoms with Gasteiger partial charge in [-0.1, -0.05) is 18.6 Å². The minimum Gasteiger partial charge on any atom is -0.309 e. The minimum absolute atomic E-state index is 0.516. The molecule has 2 nitrogen and oxygen atoms in total. The highest BCUT2D eigenvalue weighted by atomic mass is 32.2. The van der Waals surface area contributed by atoms with Gasteiger partial charge < -0.3 is 5.32 Å². The van der Waals surface area contributed by atoms with Gasteiger partial charge in [0.15, 0.2) is 0 Å². The molecule has 1 saturated heterocycles. The van der Waals surface area contributed by atoms with E-state index in [2.05, 4.69) is 55.9 Å². The quantitative estimate of drug-likeness (QED) is 0.745. The van der Waals surface area contributed by atoms with Crippen molar-refractivity contribution in [3.8, 4) is 0 Å². The molecule has 1 aliphatic heterocycles. The molecule has 0 aliphatic carbocycles. The summed E-state index contributed by atoms with van der Waals surface area (Å²) in [7, 11) is 2.25. The lowest BCUT2D eigenvalue weighted by Crippen LogP contribution is -2.52. The summed E-state index contributed by atoms with van der Waals surface area (Å²) in [6.07, 6.45) is 3.60. The van der Waals surface area contributed by atoms with Crippen LogP contribution in [0.5, 0.6) is 0 Å². The van der Waals surface area contributed by atoms with Gasteiger partial charge in [0.1, 0.15) is 0 Å². The Hall–Kier alpha value is 0.01000. The fourth-order valence-corrected chi connectivity index (χ4v) is 3.35. The van der Waals surface area contributed by atoms with E-state index in [1.807, 2.05) is 0 Å². The van der Waals surface area contributed by atoms with Crippen molar-refractivity contribution >= 4 is 11.8 Å². The number of nitrogens with zero attached hydrogens (tertiary/aromatic N) is 1. The summed E-state index contributed by atoms with van der Waals surface area (Å²) in [6.45, 7) is 8.94. The monoisotopic (exact) mass is 242 g/mol. The van der Waals surface area contributed by atoms with Crippen molar-refractivity contribution in [1.29, 1.82) is 0 Å². The topological polar surface area (TPSA) is 15.3 Å². The average Bonchev–Trinajstić information content (AvgIpc) is 2.24. The van der Waals surface area contributed by atoms with E-state index in [-0.39, 0.29) is 0 Å².